The summed E-state index contributed by atoms with van der Waals surface area (Å²) in [6.45, 7) is 6.44. The number of fused-ring (bicyclic) bond motifs is 1. The second-order valence-electron chi connectivity index (χ2n) is 8.78. The highest BCUT2D eigenvalue weighted by Gasteiger charge is 2.37. The minimum absolute atomic E-state index is 0.0222. The van der Waals surface area contributed by atoms with Gasteiger partial charge in [-0.2, -0.15) is 18.3 Å². The molecule has 0 aliphatic carbocycles. The van der Waals surface area contributed by atoms with E-state index in [1.54, 1.807) is 21.3 Å². The highest BCUT2D eigenvalue weighted by Crippen LogP contribution is 2.38. The molecule has 1 aliphatic rings. The van der Waals surface area contributed by atoms with Crippen LogP contribution in [0.3, 0.4) is 0 Å². The number of amides is 1. The van der Waals surface area contributed by atoms with E-state index >= 15 is 0 Å². The van der Waals surface area contributed by atoms with Gasteiger partial charge in [0.15, 0.2) is 0 Å². The van der Waals surface area contributed by atoms with Crippen molar-refractivity contribution in [1.82, 2.24) is 14.7 Å². The number of thioether (sulfide) groups is 1. The molecule has 0 unspecified atom stereocenters. The Bertz CT molecular complexity index is 1140. The maximum absolute atomic E-state index is 13.0. The first-order valence-corrected chi connectivity index (χ1v) is 11.4. The fourth-order valence-corrected chi connectivity index (χ4v) is 4.36. The number of carbonyl (C=O) groups excluding carboxylic acids is 1. The lowest BCUT2D eigenvalue weighted by Crippen LogP contribution is -2.50. The summed E-state index contributed by atoms with van der Waals surface area (Å²) < 4.78 is 46.0. The topological polar surface area (TPSA) is 47.4 Å². The van der Waals surface area contributed by atoms with Crippen LogP contribution in [0.4, 0.5) is 18.0 Å². The van der Waals surface area contributed by atoms with E-state index in [2.05, 4.69) is 0 Å². The molecule has 0 spiro atoms. The molecule has 2 heterocycles. The Kier molecular flexibility index (Phi) is 5.65. The van der Waals surface area contributed by atoms with E-state index in [0.717, 1.165) is 33.6 Å². The maximum atomic E-state index is 13.0. The van der Waals surface area contributed by atoms with Gasteiger partial charge in [0, 0.05) is 29.3 Å². The number of benzene rings is 2. The third-order valence-corrected chi connectivity index (χ3v) is 6.06. The van der Waals surface area contributed by atoms with Crippen molar-refractivity contribution in [3.8, 4) is 5.69 Å². The lowest BCUT2D eigenvalue weighted by atomic mass is 9.94. The van der Waals surface area contributed by atoms with E-state index in [1.165, 1.54) is 12.1 Å². The monoisotopic (exact) mass is 463 g/mol. The molecule has 0 N–H and O–H groups in total. The minimum atomic E-state index is -4.39. The molecule has 1 aliphatic heterocycles. The number of hydrogen-bond donors (Lipinski definition) is 0. The number of aromatic nitrogens is 2. The van der Waals surface area contributed by atoms with Crippen LogP contribution in [-0.4, -0.2) is 45.7 Å². The number of ether oxygens (including phenoxy) is 1. The van der Waals surface area contributed by atoms with E-state index in [9.17, 15) is 18.0 Å². The number of carbonyl (C=O) groups is 1. The molecule has 170 valence electrons. The van der Waals surface area contributed by atoms with Crippen LogP contribution >= 0.6 is 11.8 Å². The van der Waals surface area contributed by atoms with E-state index in [-0.39, 0.29) is 12.0 Å². The van der Waals surface area contributed by atoms with Gasteiger partial charge in [-0.15, -0.1) is 11.8 Å². The lowest BCUT2D eigenvalue weighted by molar-refractivity contribution is -0.137. The lowest BCUT2D eigenvalue weighted by Gasteiger charge is -2.39. The van der Waals surface area contributed by atoms with E-state index in [1.807, 2.05) is 45.2 Å². The number of nitrogens with zero attached hydrogens (tertiary/aromatic N) is 3. The highest BCUT2D eigenvalue weighted by atomic mass is 32.2. The first kappa shape index (κ1) is 22.5. The van der Waals surface area contributed by atoms with Crippen LogP contribution in [0.5, 0.6) is 0 Å². The van der Waals surface area contributed by atoms with Crippen molar-refractivity contribution in [2.45, 2.75) is 43.4 Å². The molecule has 4 rings (SSSR count). The Labute approximate surface area is 188 Å². The van der Waals surface area contributed by atoms with Crippen molar-refractivity contribution in [3.63, 3.8) is 0 Å². The van der Waals surface area contributed by atoms with Gasteiger partial charge in [-0.1, -0.05) is 6.07 Å². The zero-order chi connectivity index (χ0) is 23.3. The second-order valence-corrected chi connectivity index (χ2v) is 9.63. The standard InChI is InChI=1S/C23H24F3N3O2S/c1-22(2,3)31-21(30)28-12-14(13-28)20-19-17(6-5-7-18(19)32-4)29(27-20)16-10-8-15(9-11-16)23(24,25)26/h5-11,14H,12-13H2,1-4H3. The predicted octanol–water partition coefficient (Wildman–Crippen LogP) is 6.10. The fraction of sp³-hybridized carbons (Fsp3) is 0.391. The molecule has 1 amide bonds. The Morgan fingerprint density at radius 3 is 2.31 bits per heavy atom. The summed E-state index contributed by atoms with van der Waals surface area (Å²) in [6, 6.07) is 10.8. The van der Waals surface area contributed by atoms with Gasteiger partial charge < -0.3 is 9.64 Å². The van der Waals surface area contributed by atoms with Crippen molar-refractivity contribution in [2.24, 2.45) is 0 Å². The summed E-state index contributed by atoms with van der Waals surface area (Å²) in [5.74, 6) is 0.0222. The molecule has 9 heteroatoms. The van der Waals surface area contributed by atoms with Gasteiger partial charge in [0.1, 0.15) is 5.60 Å². The first-order valence-electron chi connectivity index (χ1n) is 10.2. The Hall–Kier alpha value is -2.68. The van der Waals surface area contributed by atoms with Gasteiger partial charge in [-0.05, 0) is 63.4 Å². The van der Waals surface area contributed by atoms with Gasteiger partial charge in [0.05, 0.1) is 22.5 Å². The quantitative estimate of drug-likeness (QED) is 0.441. The third kappa shape index (κ3) is 4.30. The molecule has 2 aromatic carbocycles. The smallest absolute Gasteiger partial charge is 0.416 e. The molecule has 1 saturated heterocycles. The molecule has 5 nitrogen and oxygen atoms in total. The zero-order valence-corrected chi connectivity index (χ0v) is 19.0. The van der Waals surface area contributed by atoms with E-state index in [4.69, 9.17) is 9.84 Å². The molecule has 0 bridgehead atoms. The molecule has 0 radical (unpaired) electrons. The van der Waals surface area contributed by atoms with Crippen LogP contribution < -0.4 is 0 Å². The van der Waals surface area contributed by atoms with Crippen LogP contribution in [0.25, 0.3) is 16.6 Å². The third-order valence-electron chi connectivity index (χ3n) is 5.28. The molecule has 0 saturated carbocycles. The molecule has 1 aromatic heterocycles. The minimum Gasteiger partial charge on any atom is -0.444 e. The number of rotatable bonds is 3. The number of likely N-dealkylation sites (tertiary alicyclic amines) is 1. The molecule has 1 fully saturated rings. The number of alkyl halides is 3. The molecular formula is C23H24F3N3O2S. The highest BCUT2D eigenvalue weighted by molar-refractivity contribution is 7.98. The van der Waals surface area contributed by atoms with Gasteiger partial charge in [-0.3, -0.25) is 0 Å². The molecular weight excluding hydrogens is 439 g/mol. The van der Waals surface area contributed by atoms with E-state index < -0.39 is 17.3 Å². The van der Waals surface area contributed by atoms with Crippen LogP contribution in [0.2, 0.25) is 0 Å². The maximum Gasteiger partial charge on any atom is 0.416 e. The Morgan fingerprint density at radius 2 is 1.75 bits per heavy atom. The van der Waals surface area contributed by atoms with E-state index in [0.29, 0.717) is 18.8 Å². The predicted molar refractivity (Wildman–Crippen MR) is 118 cm³/mol. The summed E-state index contributed by atoms with van der Waals surface area (Å²) in [4.78, 5) is 15.0. The average molecular weight is 464 g/mol. The van der Waals surface area contributed by atoms with Crippen molar-refractivity contribution < 1.29 is 22.7 Å². The van der Waals surface area contributed by atoms with Crippen molar-refractivity contribution in [3.05, 3.63) is 53.7 Å². The van der Waals surface area contributed by atoms with Crippen LogP contribution in [-0.2, 0) is 10.9 Å². The van der Waals surface area contributed by atoms with Crippen LogP contribution in [0, 0.1) is 0 Å². The largest absolute Gasteiger partial charge is 0.444 e. The zero-order valence-electron chi connectivity index (χ0n) is 18.2. The summed E-state index contributed by atoms with van der Waals surface area (Å²) in [5.41, 5.74) is 0.947. The molecule has 32 heavy (non-hydrogen) atoms. The van der Waals surface area contributed by atoms with Gasteiger partial charge >= 0.3 is 12.3 Å². The van der Waals surface area contributed by atoms with Gasteiger partial charge in [0.25, 0.3) is 0 Å². The fourth-order valence-electron chi connectivity index (χ4n) is 3.74. The summed E-state index contributed by atoms with van der Waals surface area (Å²) in [5, 5.41) is 5.76. The summed E-state index contributed by atoms with van der Waals surface area (Å²) >= 11 is 1.59. The summed E-state index contributed by atoms with van der Waals surface area (Å²) in [7, 11) is 0. The van der Waals surface area contributed by atoms with Gasteiger partial charge in [-0.25, -0.2) is 9.48 Å². The number of halogens is 3. The summed E-state index contributed by atoms with van der Waals surface area (Å²) in [6.07, 6.45) is -2.77. The number of hydrogen-bond acceptors (Lipinski definition) is 4. The van der Waals surface area contributed by atoms with Crippen LogP contribution in [0.1, 0.15) is 37.9 Å². The average Bonchev–Trinajstić information content (AvgIpc) is 3.04. The molecule has 3 aromatic rings. The van der Waals surface area contributed by atoms with Gasteiger partial charge in [0.2, 0.25) is 0 Å². The first-order chi connectivity index (χ1) is 15.0. The van der Waals surface area contributed by atoms with Crippen molar-refractivity contribution >= 4 is 28.8 Å². The molecule has 0 atom stereocenters. The second kappa shape index (κ2) is 8.03. The SMILES string of the molecule is CSc1cccc2c1c(C1CN(C(=O)OC(C)(C)C)C1)nn2-c1ccc(C(F)(F)F)cc1. The van der Waals surface area contributed by atoms with Crippen LogP contribution in [0.15, 0.2) is 47.4 Å². The normalized spacial score (nSPS) is 15.2. The Balaban J connectivity index is 1.68. The van der Waals surface area contributed by atoms with Crippen molar-refractivity contribution in [2.75, 3.05) is 19.3 Å². The van der Waals surface area contributed by atoms with Crippen molar-refractivity contribution in [1.29, 1.82) is 0 Å². The Morgan fingerprint density at radius 1 is 1.09 bits per heavy atom.